The molecule has 6 heteroatoms. The Labute approximate surface area is 158 Å². The molecule has 26 heavy (non-hydrogen) atoms. The average molecular weight is 377 g/mol. The van der Waals surface area contributed by atoms with Crippen LogP contribution in [-0.4, -0.2) is 33.0 Å². The SMILES string of the molecule is C[C@@H](N[S+]([O-])C(C)(C)C)c1ccc2c(ccn2C(=O)C2CCOCC2)c1. The normalized spacial score (nSPS) is 18.8. The molecule has 1 aromatic heterocycles. The quantitative estimate of drug-likeness (QED) is 0.824. The molecule has 1 unspecified atom stereocenters. The first-order chi connectivity index (χ1) is 12.3. The van der Waals surface area contributed by atoms with Gasteiger partial charge in [-0.05, 0) is 64.3 Å². The van der Waals surface area contributed by atoms with Crippen LogP contribution in [0.25, 0.3) is 10.9 Å². The first-order valence-corrected chi connectivity index (χ1v) is 10.3. The van der Waals surface area contributed by atoms with Crippen LogP contribution in [0.4, 0.5) is 0 Å². The van der Waals surface area contributed by atoms with Gasteiger partial charge in [0.25, 0.3) is 0 Å². The van der Waals surface area contributed by atoms with E-state index in [1.807, 2.05) is 52.1 Å². The van der Waals surface area contributed by atoms with Gasteiger partial charge < -0.3 is 9.29 Å². The Morgan fingerprint density at radius 1 is 1.31 bits per heavy atom. The zero-order valence-electron chi connectivity index (χ0n) is 16.0. The number of hydrogen-bond donors (Lipinski definition) is 1. The van der Waals surface area contributed by atoms with E-state index in [4.69, 9.17) is 4.74 Å². The van der Waals surface area contributed by atoms with Crippen molar-refractivity contribution in [1.29, 1.82) is 0 Å². The largest absolute Gasteiger partial charge is 0.598 e. The smallest absolute Gasteiger partial charge is 0.234 e. The number of aromatic nitrogens is 1. The number of nitrogens with one attached hydrogen (secondary N) is 1. The van der Waals surface area contributed by atoms with Crippen LogP contribution in [-0.2, 0) is 16.1 Å². The third-order valence-electron chi connectivity index (χ3n) is 4.86. The number of ether oxygens (including phenoxy) is 1. The van der Waals surface area contributed by atoms with Crippen LogP contribution in [0.1, 0.15) is 56.9 Å². The number of fused-ring (bicyclic) bond motifs is 1. The van der Waals surface area contributed by atoms with E-state index < -0.39 is 11.4 Å². The van der Waals surface area contributed by atoms with Crippen LogP contribution in [0.5, 0.6) is 0 Å². The molecule has 1 aliphatic rings. The summed E-state index contributed by atoms with van der Waals surface area (Å²) in [5, 5.41) is 1.03. The number of benzene rings is 1. The van der Waals surface area contributed by atoms with Gasteiger partial charge in [0.05, 0.1) is 11.6 Å². The Kier molecular flexibility index (Phi) is 5.77. The summed E-state index contributed by atoms with van der Waals surface area (Å²) in [5.74, 6) is 0.185. The molecule has 0 spiro atoms. The predicted octanol–water partition coefficient (Wildman–Crippen LogP) is 3.82. The summed E-state index contributed by atoms with van der Waals surface area (Å²) in [6.07, 6.45) is 3.43. The van der Waals surface area contributed by atoms with E-state index >= 15 is 0 Å². The van der Waals surface area contributed by atoms with Crippen molar-refractivity contribution in [2.24, 2.45) is 5.92 Å². The summed E-state index contributed by atoms with van der Waals surface area (Å²) in [4.78, 5) is 12.8. The third-order valence-corrected chi connectivity index (χ3v) is 6.54. The van der Waals surface area contributed by atoms with Gasteiger partial charge in [0, 0.05) is 42.1 Å². The number of carbonyl (C=O) groups excluding carboxylic acids is 1. The maximum Gasteiger partial charge on any atom is 0.234 e. The minimum Gasteiger partial charge on any atom is -0.598 e. The van der Waals surface area contributed by atoms with Gasteiger partial charge in [0.1, 0.15) is 4.75 Å². The summed E-state index contributed by atoms with van der Waals surface area (Å²) in [7, 11) is 0. The highest BCUT2D eigenvalue weighted by molar-refractivity contribution is 7.90. The maximum absolute atomic E-state index is 12.8. The second-order valence-corrected chi connectivity index (χ2v) is 9.95. The molecule has 1 N–H and O–H groups in total. The number of hydrogen-bond acceptors (Lipinski definition) is 4. The zero-order valence-corrected chi connectivity index (χ0v) is 16.8. The first kappa shape index (κ1) is 19.4. The van der Waals surface area contributed by atoms with Crippen LogP contribution in [0.3, 0.4) is 0 Å². The second kappa shape index (κ2) is 7.72. The van der Waals surface area contributed by atoms with Crippen molar-refractivity contribution in [2.75, 3.05) is 13.2 Å². The molecule has 0 aliphatic carbocycles. The molecule has 0 bridgehead atoms. The molecule has 2 heterocycles. The van der Waals surface area contributed by atoms with Gasteiger partial charge in [-0.3, -0.25) is 9.36 Å². The standard InChI is InChI=1S/C20H28N2O3S/c1-14(21-26(24)20(2,3)4)16-5-6-18-17(13-16)7-10-22(18)19(23)15-8-11-25-12-9-15/h5-7,10,13-15,21H,8-9,11-12H2,1-4H3/t14-,26?/m1/s1. The summed E-state index contributed by atoms with van der Waals surface area (Å²) in [6, 6.07) is 8.01. The van der Waals surface area contributed by atoms with Crippen molar-refractivity contribution in [3.8, 4) is 0 Å². The highest BCUT2D eigenvalue weighted by Gasteiger charge is 2.28. The minimum atomic E-state index is -1.13. The van der Waals surface area contributed by atoms with E-state index in [-0.39, 0.29) is 22.6 Å². The van der Waals surface area contributed by atoms with Gasteiger partial charge in [-0.25, -0.2) is 0 Å². The predicted molar refractivity (Wildman–Crippen MR) is 106 cm³/mol. The summed E-state index contributed by atoms with van der Waals surface area (Å²) in [5.41, 5.74) is 1.99. The molecule has 3 rings (SSSR count). The fourth-order valence-electron chi connectivity index (χ4n) is 3.17. The maximum atomic E-state index is 12.8. The molecule has 0 radical (unpaired) electrons. The Bertz CT molecular complexity index is 775. The van der Waals surface area contributed by atoms with Crippen molar-refractivity contribution in [2.45, 2.75) is 51.3 Å². The van der Waals surface area contributed by atoms with E-state index in [1.165, 1.54) is 0 Å². The Balaban J connectivity index is 1.79. The molecule has 0 saturated carbocycles. The van der Waals surface area contributed by atoms with Crippen LogP contribution < -0.4 is 4.72 Å². The van der Waals surface area contributed by atoms with Crippen LogP contribution in [0, 0.1) is 5.92 Å². The van der Waals surface area contributed by atoms with E-state index in [9.17, 15) is 9.35 Å². The summed E-state index contributed by atoms with van der Waals surface area (Å²) < 4.78 is 22.3. The van der Waals surface area contributed by atoms with Gasteiger partial charge in [-0.1, -0.05) is 6.07 Å². The lowest BCUT2D eigenvalue weighted by Crippen LogP contribution is -2.40. The lowest BCUT2D eigenvalue weighted by atomic mass is 9.99. The van der Waals surface area contributed by atoms with Gasteiger partial charge in [-0.15, -0.1) is 4.72 Å². The molecule has 1 aromatic carbocycles. The van der Waals surface area contributed by atoms with E-state index in [0.29, 0.717) is 13.2 Å². The highest BCUT2D eigenvalue weighted by Crippen LogP contribution is 2.26. The highest BCUT2D eigenvalue weighted by atomic mass is 32.2. The monoisotopic (exact) mass is 376 g/mol. The van der Waals surface area contributed by atoms with Crippen molar-refractivity contribution in [3.05, 3.63) is 36.0 Å². The lowest BCUT2D eigenvalue weighted by Gasteiger charge is -2.26. The third kappa shape index (κ3) is 4.14. The molecule has 1 saturated heterocycles. The van der Waals surface area contributed by atoms with Crippen molar-refractivity contribution in [1.82, 2.24) is 9.29 Å². The van der Waals surface area contributed by atoms with Crippen molar-refractivity contribution >= 4 is 28.2 Å². The number of rotatable bonds is 4. The Morgan fingerprint density at radius 2 is 2.00 bits per heavy atom. The molecular weight excluding hydrogens is 348 g/mol. The fraction of sp³-hybridized carbons (Fsp3) is 0.550. The van der Waals surface area contributed by atoms with Crippen molar-refractivity contribution < 1.29 is 14.1 Å². The van der Waals surface area contributed by atoms with E-state index in [2.05, 4.69) is 10.8 Å². The Morgan fingerprint density at radius 3 is 2.65 bits per heavy atom. The molecule has 1 aliphatic heterocycles. The lowest BCUT2D eigenvalue weighted by molar-refractivity contribution is 0.0490. The van der Waals surface area contributed by atoms with E-state index in [0.717, 1.165) is 29.3 Å². The van der Waals surface area contributed by atoms with Crippen molar-refractivity contribution in [3.63, 3.8) is 0 Å². The fourth-order valence-corrected chi connectivity index (χ4v) is 3.98. The van der Waals surface area contributed by atoms with Gasteiger partial charge in [0.2, 0.25) is 5.91 Å². The molecule has 5 nitrogen and oxygen atoms in total. The van der Waals surface area contributed by atoms with Gasteiger partial charge in [0.15, 0.2) is 0 Å². The zero-order chi connectivity index (χ0) is 18.9. The average Bonchev–Trinajstić information content (AvgIpc) is 3.04. The van der Waals surface area contributed by atoms with Gasteiger partial charge in [-0.2, -0.15) is 0 Å². The van der Waals surface area contributed by atoms with Gasteiger partial charge >= 0.3 is 0 Å². The number of nitrogens with zero attached hydrogens (tertiary/aromatic N) is 1. The second-order valence-electron chi connectivity index (χ2n) is 7.95. The molecule has 2 aromatic rings. The topological polar surface area (TPSA) is 66.3 Å². The van der Waals surface area contributed by atoms with Crippen LogP contribution in [0.15, 0.2) is 30.5 Å². The van der Waals surface area contributed by atoms with Crippen LogP contribution in [0.2, 0.25) is 0 Å². The summed E-state index contributed by atoms with van der Waals surface area (Å²) >= 11 is -1.13. The minimum absolute atomic E-state index is 0.0333. The summed E-state index contributed by atoms with van der Waals surface area (Å²) in [6.45, 7) is 9.19. The molecule has 0 amide bonds. The molecular formula is C20H28N2O3S. The Hall–Kier alpha value is -1.34. The first-order valence-electron chi connectivity index (χ1n) is 9.18. The van der Waals surface area contributed by atoms with E-state index in [1.54, 1.807) is 4.57 Å². The molecule has 142 valence electrons. The molecule has 2 atom stereocenters. The van der Waals surface area contributed by atoms with Crippen LogP contribution >= 0.6 is 0 Å². The molecule has 1 fully saturated rings. The number of carbonyl (C=O) groups is 1.